The van der Waals surface area contributed by atoms with Gasteiger partial charge in [0.2, 0.25) is 0 Å². The summed E-state index contributed by atoms with van der Waals surface area (Å²) in [6.45, 7) is 2.60. The van der Waals surface area contributed by atoms with E-state index in [1.54, 1.807) is 6.92 Å². The predicted octanol–water partition coefficient (Wildman–Crippen LogP) is 2.04. The van der Waals surface area contributed by atoms with Crippen LogP contribution in [0.4, 0.5) is 5.82 Å². The molecule has 1 aromatic heterocycles. The van der Waals surface area contributed by atoms with E-state index in [2.05, 4.69) is 15.3 Å². The lowest BCUT2D eigenvalue weighted by Gasteiger charge is -2.29. The van der Waals surface area contributed by atoms with E-state index in [9.17, 15) is 9.59 Å². The number of nitrogens with zero attached hydrogens (tertiary/aromatic N) is 2. The summed E-state index contributed by atoms with van der Waals surface area (Å²) in [6, 6.07) is 0. The van der Waals surface area contributed by atoms with Gasteiger partial charge in [-0.25, -0.2) is 14.8 Å². The van der Waals surface area contributed by atoms with Gasteiger partial charge in [-0.2, -0.15) is 0 Å². The van der Waals surface area contributed by atoms with E-state index in [0.717, 1.165) is 25.7 Å². The third kappa shape index (κ3) is 4.40. The van der Waals surface area contributed by atoms with Gasteiger partial charge in [0, 0.05) is 12.7 Å². The average Bonchev–Trinajstić information content (AvgIpc) is 2.60. The number of esters is 2. The fourth-order valence-corrected chi connectivity index (χ4v) is 2.97. The molecule has 1 heterocycles. The Balaban J connectivity index is 2.04. The number of aromatic nitrogens is 2. The van der Waals surface area contributed by atoms with Gasteiger partial charge in [0.25, 0.3) is 0 Å². The van der Waals surface area contributed by atoms with Crippen LogP contribution in [-0.4, -0.2) is 42.2 Å². The Bertz CT molecular complexity index is 550. The van der Waals surface area contributed by atoms with Gasteiger partial charge < -0.3 is 14.8 Å². The van der Waals surface area contributed by atoms with Crippen molar-refractivity contribution in [1.82, 2.24) is 9.97 Å². The van der Waals surface area contributed by atoms with Crippen LogP contribution in [0.2, 0.25) is 0 Å². The molecule has 2 unspecified atom stereocenters. The van der Waals surface area contributed by atoms with Crippen molar-refractivity contribution in [2.75, 3.05) is 25.6 Å². The van der Waals surface area contributed by atoms with Crippen molar-refractivity contribution >= 4 is 17.8 Å². The molecule has 2 rings (SSSR count). The number of rotatable bonds is 6. The molecule has 1 aliphatic rings. The summed E-state index contributed by atoms with van der Waals surface area (Å²) >= 11 is 0. The minimum absolute atomic E-state index is 0.103. The topological polar surface area (TPSA) is 90.4 Å². The van der Waals surface area contributed by atoms with Crippen LogP contribution in [0.25, 0.3) is 0 Å². The van der Waals surface area contributed by atoms with Gasteiger partial charge in [0.05, 0.1) is 19.6 Å². The van der Waals surface area contributed by atoms with Crippen molar-refractivity contribution in [2.24, 2.45) is 11.8 Å². The molecule has 23 heavy (non-hydrogen) atoms. The summed E-state index contributed by atoms with van der Waals surface area (Å²) in [7, 11) is 1.42. The fourth-order valence-electron chi connectivity index (χ4n) is 2.97. The summed E-state index contributed by atoms with van der Waals surface area (Å²) in [5.41, 5.74) is 0.305. The highest BCUT2D eigenvalue weighted by Crippen LogP contribution is 2.31. The van der Waals surface area contributed by atoms with E-state index >= 15 is 0 Å². The van der Waals surface area contributed by atoms with Crippen LogP contribution in [0.1, 0.15) is 43.0 Å². The highest BCUT2D eigenvalue weighted by Gasteiger charge is 2.31. The maximum absolute atomic E-state index is 11.9. The molecular weight excluding hydrogens is 298 g/mol. The van der Waals surface area contributed by atoms with Gasteiger partial charge in [-0.1, -0.05) is 12.8 Å². The maximum atomic E-state index is 11.9. The normalized spacial score (nSPS) is 20.6. The zero-order valence-corrected chi connectivity index (χ0v) is 13.6. The molecule has 126 valence electrons. The van der Waals surface area contributed by atoms with Gasteiger partial charge in [0.15, 0.2) is 0 Å². The van der Waals surface area contributed by atoms with E-state index in [0.29, 0.717) is 24.5 Å². The fraction of sp³-hybridized carbons (Fsp3) is 0.625. The summed E-state index contributed by atoms with van der Waals surface area (Å²) in [5, 5.41) is 3.17. The number of hydrogen-bond acceptors (Lipinski definition) is 7. The van der Waals surface area contributed by atoms with Crippen LogP contribution in [0.5, 0.6) is 0 Å². The molecule has 0 aliphatic heterocycles. The predicted molar refractivity (Wildman–Crippen MR) is 83.9 cm³/mol. The smallest absolute Gasteiger partial charge is 0.343 e. The van der Waals surface area contributed by atoms with Crippen molar-refractivity contribution in [1.29, 1.82) is 0 Å². The van der Waals surface area contributed by atoms with Gasteiger partial charge in [0.1, 0.15) is 17.7 Å². The first kappa shape index (κ1) is 17.2. The van der Waals surface area contributed by atoms with Crippen LogP contribution in [0.3, 0.4) is 0 Å². The second kappa shape index (κ2) is 8.45. The van der Waals surface area contributed by atoms with E-state index in [1.165, 1.54) is 19.6 Å². The number of carbonyl (C=O) groups excluding carboxylic acids is 2. The lowest BCUT2D eigenvalue weighted by Crippen LogP contribution is -2.33. The number of carbonyl (C=O) groups is 2. The molecule has 0 spiro atoms. The highest BCUT2D eigenvalue weighted by atomic mass is 16.5. The van der Waals surface area contributed by atoms with E-state index < -0.39 is 5.97 Å². The molecule has 0 radical (unpaired) electrons. The minimum atomic E-state index is -0.455. The van der Waals surface area contributed by atoms with Crippen LogP contribution in [0.15, 0.2) is 12.5 Å². The molecule has 0 aromatic carbocycles. The zero-order valence-electron chi connectivity index (χ0n) is 13.6. The number of anilines is 1. The number of nitrogens with one attached hydrogen (secondary N) is 1. The first-order valence-electron chi connectivity index (χ1n) is 7.96. The first-order valence-corrected chi connectivity index (χ1v) is 7.96. The van der Waals surface area contributed by atoms with Gasteiger partial charge in [-0.15, -0.1) is 0 Å². The lowest BCUT2D eigenvalue weighted by molar-refractivity contribution is -0.148. The van der Waals surface area contributed by atoms with Crippen molar-refractivity contribution < 1.29 is 19.1 Å². The van der Waals surface area contributed by atoms with Crippen LogP contribution in [-0.2, 0) is 14.3 Å². The van der Waals surface area contributed by atoms with Crippen LogP contribution >= 0.6 is 0 Å². The summed E-state index contributed by atoms with van der Waals surface area (Å²) in [4.78, 5) is 31.8. The summed E-state index contributed by atoms with van der Waals surface area (Å²) in [6.07, 6.45) is 6.74. The minimum Gasteiger partial charge on any atom is -0.469 e. The standard InChI is InChI=1S/C16H23N3O4/c1-3-23-16(21)13-9-17-10-19-14(13)18-8-11-6-4-5-7-12(11)15(20)22-2/h9-12H,3-8H2,1-2H3,(H,17,18,19). The van der Waals surface area contributed by atoms with Gasteiger partial charge >= 0.3 is 11.9 Å². The molecule has 1 N–H and O–H groups in total. The van der Waals surface area contributed by atoms with E-state index in [4.69, 9.17) is 9.47 Å². The summed E-state index contributed by atoms with van der Waals surface area (Å²) in [5.74, 6) is -0.114. The maximum Gasteiger partial charge on any atom is 0.343 e. The Morgan fingerprint density at radius 1 is 1.35 bits per heavy atom. The Labute approximate surface area is 135 Å². The average molecular weight is 321 g/mol. The van der Waals surface area contributed by atoms with Crippen molar-refractivity contribution in [3.63, 3.8) is 0 Å². The molecule has 1 fully saturated rings. The third-order valence-corrected chi connectivity index (χ3v) is 4.15. The van der Waals surface area contributed by atoms with Crippen molar-refractivity contribution in [3.05, 3.63) is 18.1 Å². The third-order valence-electron chi connectivity index (χ3n) is 4.15. The lowest BCUT2D eigenvalue weighted by atomic mass is 9.79. The zero-order chi connectivity index (χ0) is 16.7. The molecule has 7 nitrogen and oxygen atoms in total. The SMILES string of the molecule is CCOC(=O)c1cncnc1NCC1CCCCC1C(=O)OC. The Hall–Kier alpha value is -2.18. The monoisotopic (exact) mass is 321 g/mol. The van der Waals surface area contributed by atoms with Gasteiger partial charge in [-0.05, 0) is 25.7 Å². The van der Waals surface area contributed by atoms with Crippen LogP contribution < -0.4 is 5.32 Å². The molecule has 0 bridgehead atoms. The largest absolute Gasteiger partial charge is 0.469 e. The van der Waals surface area contributed by atoms with Crippen molar-refractivity contribution in [3.8, 4) is 0 Å². The quantitative estimate of drug-likeness (QED) is 0.802. The Kier molecular flexibility index (Phi) is 6.31. The number of ether oxygens (including phenoxy) is 2. The molecule has 1 aromatic rings. The number of methoxy groups -OCH3 is 1. The molecule has 7 heteroatoms. The molecule has 1 saturated carbocycles. The van der Waals surface area contributed by atoms with Gasteiger partial charge in [-0.3, -0.25) is 4.79 Å². The van der Waals surface area contributed by atoms with Crippen LogP contribution in [0, 0.1) is 11.8 Å². The summed E-state index contributed by atoms with van der Waals surface area (Å²) < 4.78 is 9.90. The Morgan fingerprint density at radius 2 is 2.13 bits per heavy atom. The molecule has 0 amide bonds. The highest BCUT2D eigenvalue weighted by molar-refractivity contribution is 5.94. The van der Waals surface area contributed by atoms with Crippen molar-refractivity contribution in [2.45, 2.75) is 32.6 Å². The number of hydrogen-bond donors (Lipinski definition) is 1. The molecule has 0 saturated heterocycles. The first-order chi connectivity index (χ1) is 11.2. The van der Waals surface area contributed by atoms with E-state index in [-0.39, 0.29) is 17.8 Å². The molecule has 1 aliphatic carbocycles. The van der Waals surface area contributed by atoms with E-state index in [1.807, 2.05) is 0 Å². The second-order valence-electron chi connectivity index (χ2n) is 5.56. The molecule has 2 atom stereocenters. The molecular formula is C16H23N3O4. The second-order valence-corrected chi connectivity index (χ2v) is 5.56. The Morgan fingerprint density at radius 3 is 2.87 bits per heavy atom.